The normalized spacial score (nSPS) is 17.3. The first-order valence-corrected chi connectivity index (χ1v) is 7.98. The summed E-state index contributed by atoms with van der Waals surface area (Å²) in [6, 6.07) is 12.9. The molecule has 5 nitrogen and oxygen atoms in total. The molecule has 0 radical (unpaired) electrons. The van der Waals surface area contributed by atoms with Gasteiger partial charge in [0.2, 0.25) is 0 Å². The van der Waals surface area contributed by atoms with E-state index in [0.29, 0.717) is 11.5 Å². The van der Waals surface area contributed by atoms with Crippen LogP contribution in [0.3, 0.4) is 0 Å². The van der Waals surface area contributed by atoms with E-state index >= 15 is 0 Å². The molecule has 0 saturated heterocycles. The third-order valence-corrected chi connectivity index (χ3v) is 4.33. The maximum Gasteiger partial charge on any atom is 0.340 e. The molecule has 1 aromatic carbocycles. The first kappa shape index (κ1) is 16.8. The topological polar surface area (TPSA) is 59.8 Å². The van der Waals surface area contributed by atoms with Crippen LogP contribution in [-0.2, 0) is 14.3 Å². The van der Waals surface area contributed by atoms with Gasteiger partial charge in [-0.3, -0.25) is 4.79 Å². The van der Waals surface area contributed by atoms with Crippen molar-refractivity contribution in [3.63, 3.8) is 0 Å². The quantitative estimate of drug-likeness (QED) is 0.630. The molecule has 1 aliphatic rings. The number of nitrogens with zero attached hydrogens (tertiary/aromatic N) is 1. The Kier molecular flexibility index (Phi) is 4.57. The fourth-order valence-electron chi connectivity index (χ4n) is 3.06. The molecule has 2 aromatic rings. The number of furan rings is 1. The fraction of sp³-hybridized carbons (Fsp3) is 0.200. The largest absolute Gasteiger partial charge is 0.465 e. The summed E-state index contributed by atoms with van der Waals surface area (Å²) in [4.78, 5) is 27.0. The molecule has 0 N–H and O–H groups in total. The van der Waals surface area contributed by atoms with Crippen LogP contribution in [0.15, 0.2) is 70.0 Å². The Balaban J connectivity index is 2.08. The smallest absolute Gasteiger partial charge is 0.340 e. The van der Waals surface area contributed by atoms with Gasteiger partial charge in [-0.25, -0.2) is 4.79 Å². The zero-order chi connectivity index (χ0) is 18.0. The molecule has 0 aliphatic carbocycles. The highest BCUT2D eigenvalue weighted by atomic mass is 16.5. The van der Waals surface area contributed by atoms with E-state index in [2.05, 4.69) is 0 Å². The lowest BCUT2D eigenvalue weighted by molar-refractivity contribution is -0.136. The summed E-state index contributed by atoms with van der Waals surface area (Å²) in [6.45, 7) is 3.69. The molecule has 0 bridgehead atoms. The van der Waals surface area contributed by atoms with E-state index in [1.54, 1.807) is 30.0 Å². The minimum absolute atomic E-state index is 0.212. The number of carbonyl (C=O) groups is 2. The summed E-state index contributed by atoms with van der Waals surface area (Å²) in [7, 11) is 1.31. The van der Waals surface area contributed by atoms with Crippen molar-refractivity contribution in [2.75, 3.05) is 7.11 Å². The van der Waals surface area contributed by atoms with Gasteiger partial charge in [-0.1, -0.05) is 30.3 Å². The number of esters is 1. The number of amides is 1. The molecule has 1 aliphatic heterocycles. The Morgan fingerprint density at radius 1 is 1.20 bits per heavy atom. The van der Waals surface area contributed by atoms with Gasteiger partial charge in [-0.05, 0) is 37.6 Å². The number of benzene rings is 1. The van der Waals surface area contributed by atoms with Gasteiger partial charge in [-0.15, -0.1) is 0 Å². The van der Waals surface area contributed by atoms with E-state index in [-0.39, 0.29) is 23.1 Å². The van der Waals surface area contributed by atoms with Crippen LogP contribution in [0.4, 0.5) is 0 Å². The third-order valence-electron chi connectivity index (χ3n) is 4.33. The van der Waals surface area contributed by atoms with Crippen molar-refractivity contribution in [1.82, 2.24) is 4.90 Å². The molecule has 5 heteroatoms. The van der Waals surface area contributed by atoms with Crippen molar-refractivity contribution >= 4 is 18.0 Å². The Morgan fingerprint density at radius 2 is 1.92 bits per heavy atom. The molecule has 0 spiro atoms. The monoisotopic (exact) mass is 337 g/mol. The number of carbonyl (C=O) groups excluding carboxylic acids is 2. The number of methoxy groups -OCH3 is 1. The van der Waals surface area contributed by atoms with Crippen molar-refractivity contribution in [2.45, 2.75) is 19.9 Å². The van der Waals surface area contributed by atoms with Gasteiger partial charge in [0.1, 0.15) is 5.76 Å². The zero-order valence-corrected chi connectivity index (χ0v) is 14.4. The summed E-state index contributed by atoms with van der Waals surface area (Å²) in [5.74, 6) is -0.274. The number of allylic oxidation sites excluding steroid dienone is 1. The molecule has 3 rings (SSSR count). The minimum atomic E-state index is -0.536. The molecule has 1 amide bonds. The predicted molar refractivity (Wildman–Crippen MR) is 93.1 cm³/mol. The van der Waals surface area contributed by atoms with Crippen LogP contribution in [0.5, 0.6) is 0 Å². The first-order chi connectivity index (χ1) is 12.0. The van der Waals surface area contributed by atoms with Gasteiger partial charge in [-0.2, -0.15) is 0 Å². The van der Waals surface area contributed by atoms with E-state index in [0.717, 1.165) is 5.56 Å². The molecule has 0 fully saturated rings. The lowest BCUT2D eigenvalue weighted by Crippen LogP contribution is -2.28. The van der Waals surface area contributed by atoms with Crippen LogP contribution in [0.25, 0.3) is 6.08 Å². The van der Waals surface area contributed by atoms with Gasteiger partial charge in [0.15, 0.2) is 0 Å². The van der Waals surface area contributed by atoms with Crippen molar-refractivity contribution < 1.29 is 18.7 Å². The van der Waals surface area contributed by atoms with Gasteiger partial charge >= 0.3 is 5.97 Å². The summed E-state index contributed by atoms with van der Waals surface area (Å²) >= 11 is 0. The summed E-state index contributed by atoms with van der Waals surface area (Å²) < 4.78 is 10.2. The molecule has 2 heterocycles. The molecule has 0 unspecified atom stereocenters. The molecule has 25 heavy (non-hydrogen) atoms. The van der Waals surface area contributed by atoms with Crippen LogP contribution in [-0.4, -0.2) is 23.9 Å². The highest BCUT2D eigenvalue weighted by molar-refractivity contribution is 6.16. The van der Waals surface area contributed by atoms with Crippen LogP contribution >= 0.6 is 0 Å². The lowest BCUT2D eigenvalue weighted by Gasteiger charge is -2.26. The number of ether oxygens (including phenoxy) is 1. The van der Waals surface area contributed by atoms with Gasteiger partial charge < -0.3 is 14.1 Å². The zero-order valence-electron chi connectivity index (χ0n) is 14.4. The second-order valence-electron chi connectivity index (χ2n) is 5.79. The third kappa shape index (κ3) is 3.01. The molecule has 0 saturated carbocycles. The van der Waals surface area contributed by atoms with E-state index in [1.807, 2.05) is 37.3 Å². The number of hydrogen-bond acceptors (Lipinski definition) is 4. The van der Waals surface area contributed by atoms with Crippen LogP contribution in [0.1, 0.15) is 31.2 Å². The lowest BCUT2D eigenvalue weighted by atomic mass is 10.1. The van der Waals surface area contributed by atoms with Gasteiger partial charge in [0.05, 0.1) is 30.6 Å². The molecule has 1 aromatic heterocycles. The SMILES string of the molecule is COC(=O)C1=C(C)N([C@H](C)c2ccccc2)C(=O)/C1=C\c1ccco1. The van der Waals surface area contributed by atoms with E-state index in [4.69, 9.17) is 9.15 Å². The van der Waals surface area contributed by atoms with E-state index < -0.39 is 5.97 Å². The Bertz CT molecular complexity index is 847. The maximum absolute atomic E-state index is 13.1. The highest BCUT2D eigenvalue weighted by Gasteiger charge is 2.39. The van der Waals surface area contributed by atoms with Crippen molar-refractivity contribution in [2.24, 2.45) is 0 Å². The average Bonchev–Trinajstić information content (AvgIpc) is 3.22. The second kappa shape index (κ2) is 6.81. The van der Waals surface area contributed by atoms with E-state index in [1.165, 1.54) is 13.4 Å². The van der Waals surface area contributed by atoms with Crippen molar-refractivity contribution in [1.29, 1.82) is 0 Å². The first-order valence-electron chi connectivity index (χ1n) is 7.98. The molecular formula is C20H19NO4. The predicted octanol–water partition coefficient (Wildman–Crippen LogP) is 3.71. The molecule has 128 valence electrons. The summed E-state index contributed by atoms with van der Waals surface area (Å²) in [6.07, 6.45) is 3.10. The van der Waals surface area contributed by atoms with Gasteiger partial charge in [0, 0.05) is 5.70 Å². The van der Waals surface area contributed by atoms with E-state index in [9.17, 15) is 9.59 Å². The Hall–Kier alpha value is -3.08. The standard InChI is InChI=1S/C20H19NO4/c1-13(15-8-5-4-6-9-15)21-14(2)18(20(23)24-3)17(19(21)22)12-16-10-7-11-25-16/h4-13H,1-3H3/b17-12-/t13-/m1/s1. The number of hydrogen-bond donors (Lipinski definition) is 0. The fourth-order valence-corrected chi connectivity index (χ4v) is 3.06. The minimum Gasteiger partial charge on any atom is -0.465 e. The van der Waals surface area contributed by atoms with Crippen molar-refractivity contribution in [3.8, 4) is 0 Å². The Morgan fingerprint density at radius 3 is 2.52 bits per heavy atom. The summed E-state index contributed by atoms with van der Waals surface area (Å²) in [5, 5.41) is 0. The molecule has 1 atom stereocenters. The molecular weight excluding hydrogens is 318 g/mol. The number of rotatable bonds is 4. The van der Waals surface area contributed by atoms with Crippen LogP contribution in [0, 0.1) is 0 Å². The van der Waals surface area contributed by atoms with Gasteiger partial charge in [0.25, 0.3) is 5.91 Å². The van der Waals surface area contributed by atoms with Crippen molar-refractivity contribution in [3.05, 3.63) is 76.9 Å². The Labute approximate surface area is 146 Å². The average molecular weight is 337 g/mol. The summed E-state index contributed by atoms with van der Waals surface area (Å²) in [5.41, 5.74) is 2.11. The maximum atomic E-state index is 13.1. The van der Waals surface area contributed by atoms with Crippen LogP contribution in [0.2, 0.25) is 0 Å². The highest BCUT2D eigenvalue weighted by Crippen LogP contribution is 2.37. The second-order valence-corrected chi connectivity index (χ2v) is 5.79. The van der Waals surface area contributed by atoms with Crippen LogP contribution < -0.4 is 0 Å².